The third-order valence-corrected chi connectivity index (χ3v) is 4.12. The molecule has 0 spiro atoms. The van der Waals surface area contributed by atoms with E-state index in [2.05, 4.69) is 9.12 Å². The second-order valence-electron chi connectivity index (χ2n) is 2.16. The van der Waals surface area contributed by atoms with E-state index >= 15 is 0 Å². The number of nitrogens with one attached hydrogen (secondary N) is 1. The van der Waals surface area contributed by atoms with E-state index < -0.39 is 10.2 Å². The number of halogens is 1. The summed E-state index contributed by atoms with van der Waals surface area (Å²) in [7, 11) is -3.48. The summed E-state index contributed by atoms with van der Waals surface area (Å²) in [5.41, 5.74) is 1.48. The molecule has 0 saturated carbocycles. The molecule has 0 atom stereocenters. The Morgan fingerprint density at radius 1 is 1.50 bits per heavy atom. The smallest absolute Gasteiger partial charge is 0.264 e. The third-order valence-electron chi connectivity index (χ3n) is 1.32. The Kier molecular flexibility index (Phi) is 1.88. The molecule has 2 rings (SSSR count). The SMILES string of the molecule is O=S1(=O)N=C(I)c2cscc2N1. The molecule has 7 heteroatoms. The Hall–Kier alpha value is -0.150. The molecule has 1 aromatic rings. The number of anilines is 1. The zero-order valence-corrected chi connectivity index (χ0v) is 9.40. The second kappa shape index (κ2) is 2.67. The minimum Gasteiger partial charge on any atom is -0.264 e. The normalized spacial score (nSPS) is 19.2. The largest absolute Gasteiger partial charge is 0.343 e. The molecule has 0 saturated heterocycles. The van der Waals surface area contributed by atoms with Gasteiger partial charge in [-0.1, -0.05) is 0 Å². The molecule has 0 aromatic carbocycles. The highest BCUT2D eigenvalue weighted by Crippen LogP contribution is 2.29. The molecule has 2 heterocycles. The van der Waals surface area contributed by atoms with Gasteiger partial charge in [0, 0.05) is 16.3 Å². The second-order valence-corrected chi connectivity index (χ2v) is 5.26. The summed E-state index contributed by atoms with van der Waals surface area (Å²) in [4.78, 5) is 0. The lowest BCUT2D eigenvalue weighted by molar-refractivity contribution is 0.603. The Morgan fingerprint density at radius 2 is 2.25 bits per heavy atom. The van der Waals surface area contributed by atoms with Crippen LogP contribution < -0.4 is 4.72 Å². The highest BCUT2D eigenvalue weighted by molar-refractivity contribution is 14.1. The standard InChI is InChI=1S/C5H3IN2O2S2/c6-5-3-1-11-2-4(3)7-12(9,10)8-5/h1-2,7H. The summed E-state index contributed by atoms with van der Waals surface area (Å²) in [5.74, 6) is 0. The van der Waals surface area contributed by atoms with Crippen LogP contribution in [0, 0.1) is 0 Å². The topological polar surface area (TPSA) is 58.5 Å². The Balaban J connectivity index is 2.67. The monoisotopic (exact) mass is 314 g/mol. The lowest BCUT2D eigenvalue weighted by Gasteiger charge is -2.09. The quantitative estimate of drug-likeness (QED) is 0.740. The number of rotatable bonds is 0. The van der Waals surface area contributed by atoms with Crippen LogP contribution in [-0.2, 0) is 10.2 Å². The van der Waals surface area contributed by atoms with Crippen LogP contribution in [0.3, 0.4) is 0 Å². The zero-order chi connectivity index (χ0) is 8.77. The van der Waals surface area contributed by atoms with E-state index in [1.54, 1.807) is 5.38 Å². The summed E-state index contributed by atoms with van der Waals surface area (Å²) >= 11 is 3.35. The van der Waals surface area contributed by atoms with Gasteiger partial charge in [-0.15, -0.1) is 15.7 Å². The molecule has 4 nitrogen and oxygen atoms in total. The Bertz CT molecular complexity index is 448. The van der Waals surface area contributed by atoms with E-state index in [-0.39, 0.29) is 0 Å². The first-order valence-electron chi connectivity index (χ1n) is 2.93. The zero-order valence-electron chi connectivity index (χ0n) is 5.61. The van der Waals surface area contributed by atoms with Crippen molar-refractivity contribution >= 4 is 53.5 Å². The molecule has 0 radical (unpaired) electrons. The molecule has 64 valence electrons. The van der Waals surface area contributed by atoms with E-state index in [4.69, 9.17) is 0 Å². The average molecular weight is 314 g/mol. The Labute approximate surface area is 87.0 Å². The molecule has 12 heavy (non-hydrogen) atoms. The predicted octanol–water partition coefficient (Wildman–Crippen LogP) is 1.60. The van der Waals surface area contributed by atoms with E-state index in [0.29, 0.717) is 9.41 Å². The fourth-order valence-corrected chi connectivity index (χ4v) is 3.93. The first-order valence-corrected chi connectivity index (χ1v) is 6.39. The third kappa shape index (κ3) is 1.36. The van der Waals surface area contributed by atoms with Crippen molar-refractivity contribution in [1.82, 2.24) is 0 Å². The number of hydrogen-bond acceptors (Lipinski definition) is 3. The minimum atomic E-state index is -3.48. The van der Waals surface area contributed by atoms with Crippen LogP contribution in [0.4, 0.5) is 5.69 Å². The molecule has 0 aliphatic carbocycles. The van der Waals surface area contributed by atoms with E-state index in [0.717, 1.165) is 5.56 Å². The van der Waals surface area contributed by atoms with Crippen LogP contribution in [-0.4, -0.2) is 12.1 Å². The van der Waals surface area contributed by atoms with Gasteiger partial charge in [0.1, 0.15) is 3.72 Å². The van der Waals surface area contributed by atoms with Gasteiger partial charge >= 0.3 is 10.2 Å². The van der Waals surface area contributed by atoms with Crippen LogP contribution in [0.25, 0.3) is 0 Å². The van der Waals surface area contributed by atoms with Crippen molar-refractivity contribution in [2.75, 3.05) is 4.72 Å². The fourth-order valence-electron chi connectivity index (χ4n) is 0.852. The number of fused-ring (bicyclic) bond motifs is 1. The van der Waals surface area contributed by atoms with E-state index in [1.807, 2.05) is 28.0 Å². The molecule has 1 aliphatic heterocycles. The lowest BCUT2D eigenvalue weighted by atomic mass is 10.3. The van der Waals surface area contributed by atoms with Gasteiger partial charge in [-0.25, -0.2) is 0 Å². The van der Waals surface area contributed by atoms with Crippen molar-refractivity contribution in [3.8, 4) is 0 Å². The van der Waals surface area contributed by atoms with Crippen LogP contribution in [0.5, 0.6) is 0 Å². The summed E-state index contributed by atoms with van der Waals surface area (Å²) in [6.45, 7) is 0. The molecule has 0 fully saturated rings. The van der Waals surface area contributed by atoms with Crippen molar-refractivity contribution in [2.24, 2.45) is 4.40 Å². The van der Waals surface area contributed by atoms with Gasteiger partial charge in [0.05, 0.1) is 5.69 Å². The summed E-state index contributed by atoms with van der Waals surface area (Å²) in [5, 5.41) is 3.61. The lowest BCUT2D eigenvalue weighted by Crippen LogP contribution is -2.16. The molecule has 0 unspecified atom stereocenters. The highest BCUT2D eigenvalue weighted by Gasteiger charge is 2.21. The van der Waals surface area contributed by atoms with E-state index in [9.17, 15) is 8.42 Å². The van der Waals surface area contributed by atoms with Gasteiger partial charge in [-0.3, -0.25) is 4.72 Å². The molecular weight excluding hydrogens is 311 g/mol. The van der Waals surface area contributed by atoms with Crippen molar-refractivity contribution in [3.05, 3.63) is 16.3 Å². The summed E-state index contributed by atoms with van der Waals surface area (Å²) in [6.07, 6.45) is 0. The molecule has 1 aromatic heterocycles. The van der Waals surface area contributed by atoms with Gasteiger partial charge < -0.3 is 0 Å². The molecule has 1 aliphatic rings. The van der Waals surface area contributed by atoms with Crippen LogP contribution in [0.1, 0.15) is 5.56 Å². The van der Waals surface area contributed by atoms with Crippen LogP contribution in [0.15, 0.2) is 15.2 Å². The van der Waals surface area contributed by atoms with Crippen molar-refractivity contribution < 1.29 is 8.42 Å². The predicted molar refractivity (Wildman–Crippen MR) is 57.4 cm³/mol. The van der Waals surface area contributed by atoms with Gasteiger partial charge in [0.15, 0.2) is 0 Å². The number of nitrogens with zero attached hydrogens (tertiary/aromatic N) is 1. The molecule has 0 bridgehead atoms. The highest BCUT2D eigenvalue weighted by atomic mass is 127. The van der Waals surface area contributed by atoms with Gasteiger partial charge in [0.25, 0.3) is 0 Å². The van der Waals surface area contributed by atoms with Crippen molar-refractivity contribution in [2.45, 2.75) is 0 Å². The van der Waals surface area contributed by atoms with E-state index in [1.165, 1.54) is 11.3 Å². The maximum absolute atomic E-state index is 11.0. The van der Waals surface area contributed by atoms with Crippen LogP contribution in [0.2, 0.25) is 0 Å². The molecule has 1 N–H and O–H groups in total. The summed E-state index contributed by atoms with van der Waals surface area (Å²) in [6, 6.07) is 0. The first-order chi connectivity index (χ1) is 5.58. The van der Waals surface area contributed by atoms with Gasteiger partial charge in [0.2, 0.25) is 0 Å². The first kappa shape index (κ1) is 8.45. The molecular formula is C5H3IN2O2S2. The number of thiophene rings is 1. The Morgan fingerprint density at radius 3 is 3.00 bits per heavy atom. The fraction of sp³-hybridized carbons (Fsp3) is 0. The average Bonchev–Trinajstić information content (AvgIpc) is 2.31. The van der Waals surface area contributed by atoms with Crippen molar-refractivity contribution in [3.63, 3.8) is 0 Å². The number of hydrogen-bond donors (Lipinski definition) is 1. The molecule has 0 amide bonds. The van der Waals surface area contributed by atoms with Crippen LogP contribution >= 0.6 is 33.9 Å². The van der Waals surface area contributed by atoms with Gasteiger partial charge in [-0.05, 0) is 22.6 Å². The maximum Gasteiger partial charge on any atom is 0.343 e. The minimum absolute atomic E-state index is 0.516. The maximum atomic E-state index is 11.0. The summed E-state index contributed by atoms with van der Waals surface area (Å²) < 4.78 is 28.4. The van der Waals surface area contributed by atoms with Crippen molar-refractivity contribution in [1.29, 1.82) is 0 Å². The van der Waals surface area contributed by atoms with Gasteiger partial charge in [-0.2, -0.15) is 8.42 Å².